The Bertz CT molecular complexity index is 935. The van der Waals surface area contributed by atoms with Crippen LogP contribution in [0.25, 0.3) is 10.2 Å². The van der Waals surface area contributed by atoms with Gasteiger partial charge in [-0.15, -0.1) is 11.8 Å². The van der Waals surface area contributed by atoms with Crippen LogP contribution in [0.2, 0.25) is 0 Å². The van der Waals surface area contributed by atoms with Crippen LogP contribution in [0.15, 0.2) is 53.4 Å². The predicted octanol–water partition coefficient (Wildman–Crippen LogP) is 4.01. The summed E-state index contributed by atoms with van der Waals surface area (Å²) in [6, 6.07) is 15.6. The summed E-state index contributed by atoms with van der Waals surface area (Å²) in [4.78, 5) is 32.2. The number of amides is 2. The van der Waals surface area contributed by atoms with Gasteiger partial charge in [-0.25, -0.2) is 4.98 Å². The van der Waals surface area contributed by atoms with E-state index in [1.165, 1.54) is 11.3 Å². The predicted molar refractivity (Wildman–Crippen MR) is 107 cm³/mol. The summed E-state index contributed by atoms with van der Waals surface area (Å²) in [7, 11) is 0. The first-order valence-electron chi connectivity index (χ1n) is 8.25. The van der Waals surface area contributed by atoms with Gasteiger partial charge in [0.05, 0.1) is 16.1 Å². The number of benzene rings is 2. The molecule has 1 atom stereocenters. The van der Waals surface area contributed by atoms with E-state index in [1.807, 2.05) is 54.8 Å². The highest BCUT2D eigenvalue weighted by Gasteiger charge is 2.35. The molecule has 132 valence electrons. The number of aromatic nitrogens is 1. The highest BCUT2D eigenvalue weighted by molar-refractivity contribution is 7.98. The van der Waals surface area contributed by atoms with Crippen LogP contribution in [-0.2, 0) is 9.59 Å². The fourth-order valence-corrected chi connectivity index (χ4v) is 4.31. The van der Waals surface area contributed by atoms with Crippen molar-refractivity contribution >= 4 is 55.9 Å². The van der Waals surface area contributed by atoms with Crippen molar-refractivity contribution in [1.82, 2.24) is 4.98 Å². The second-order valence-corrected chi connectivity index (χ2v) is 7.99. The van der Waals surface area contributed by atoms with Crippen molar-refractivity contribution < 1.29 is 9.59 Å². The van der Waals surface area contributed by atoms with Crippen LogP contribution >= 0.6 is 23.1 Å². The molecule has 7 heteroatoms. The summed E-state index contributed by atoms with van der Waals surface area (Å²) in [6.07, 6.45) is 2.24. The molecule has 1 N–H and O–H groups in total. The largest absolute Gasteiger partial charge is 0.312 e. The molecule has 1 fully saturated rings. The van der Waals surface area contributed by atoms with Gasteiger partial charge in [0.1, 0.15) is 0 Å². The van der Waals surface area contributed by atoms with Crippen molar-refractivity contribution in [2.24, 2.45) is 5.92 Å². The molecule has 2 heterocycles. The van der Waals surface area contributed by atoms with E-state index in [2.05, 4.69) is 10.3 Å². The first-order valence-corrected chi connectivity index (χ1v) is 10.3. The van der Waals surface area contributed by atoms with Crippen molar-refractivity contribution in [3.8, 4) is 0 Å². The molecule has 2 amide bonds. The Morgan fingerprint density at radius 1 is 1.23 bits per heavy atom. The zero-order chi connectivity index (χ0) is 18.1. The molecular formula is C19H17N3O2S2. The van der Waals surface area contributed by atoms with Gasteiger partial charge in [0, 0.05) is 23.5 Å². The lowest BCUT2D eigenvalue weighted by Gasteiger charge is -2.16. The lowest BCUT2D eigenvalue weighted by atomic mass is 10.1. The summed E-state index contributed by atoms with van der Waals surface area (Å²) >= 11 is 3.10. The number of fused-ring (bicyclic) bond motifs is 1. The van der Waals surface area contributed by atoms with Crippen molar-refractivity contribution in [2.75, 3.05) is 23.0 Å². The molecule has 1 aromatic heterocycles. The van der Waals surface area contributed by atoms with Crippen LogP contribution in [0.4, 0.5) is 10.8 Å². The number of thiazole rings is 1. The Balaban J connectivity index is 1.46. The molecule has 0 saturated carbocycles. The maximum atomic E-state index is 12.6. The number of nitrogens with one attached hydrogen (secondary N) is 1. The number of hydrogen-bond donors (Lipinski definition) is 1. The second-order valence-electron chi connectivity index (χ2n) is 6.08. The van der Waals surface area contributed by atoms with Gasteiger partial charge < -0.3 is 10.2 Å². The van der Waals surface area contributed by atoms with Gasteiger partial charge >= 0.3 is 0 Å². The highest BCUT2D eigenvalue weighted by atomic mass is 32.2. The second kappa shape index (κ2) is 7.09. The molecule has 26 heavy (non-hydrogen) atoms. The zero-order valence-electron chi connectivity index (χ0n) is 14.1. The van der Waals surface area contributed by atoms with Crippen LogP contribution in [-0.4, -0.2) is 29.6 Å². The molecule has 1 saturated heterocycles. The van der Waals surface area contributed by atoms with Crippen LogP contribution in [0.1, 0.15) is 6.42 Å². The summed E-state index contributed by atoms with van der Waals surface area (Å²) in [6.45, 7) is 0.397. The average molecular weight is 383 g/mol. The van der Waals surface area contributed by atoms with Gasteiger partial charge in [-0.05, 0) is 42.7 Å². The molecule has 0 bridgehead atoms. The molecule has 1 aliphatic heterocycles. The lowest BCUT2D eigenvalue weighted by Crippen LogP contribution is -2.28. The first kappa shape index (κ1) is 17.1. The van der Waals surface area contributed by atoms with Gasteiger partial charge in [-0.2, -0.15) is 0 Å². The third-order valence-corrected chi connectivity index (χ3v) is 6.10. The van der Waals surface area contributed by atoms with Gasteiger partial charge in [0.25, 0.3) is 0 Å². The number of carbonyl (C=O) groups is 2. The number of anilines is 2. The molecule has 1 aliphatic rings. The van der Waals surface area contributed by atoms with Crippen LogP contribution in [0.5, 0.6) is 0 Å². The van der Waals surface area contributed by atoms with Gasteiger partial charge in [-0.1, -0.05) is 23.5 Å². The van der Waals surface area contributed by atoms with E-state index in [4.69, 9.17) is 0 Å². The normalized spacial score (nSPS) is 17.0. The van der Waals surface area contributed by atoms with E-state index in [-0.39, 0.29) is 24.2 Å². The van der Waals surface area contributed by atoms with Crippen molar-refractivity contribution in [3.63, 3.8) is 0 Å². The number of carbonyl (C=O) groups excluding carboxylic acids is 2. The van der Waals surface area contributed by atoms with Crippen LogP contribution < -0.4 is 10.2 Å². The Morgan fingerprint density at radius 3 is 2.73 bits per heavy atom. The Hall–Kier alpha value is -2.38. The van der Waals surface area contributed by atoms with Crippen molar-refractivity contribution in [2.45, 2.75) is 11.3 Å². The minimum Gasteiger partial charge on any atom is -0.312 e. The van der Waals surface area contributed by atoms with Gasteiger partial charge in [-0.3, -0.25) is 9.59 Å². The Morgan fingerprint density at radius 2 is 2.00 bits per heavy atom. The number of hydrogen-bond acceptors (Lipinski definition) is 5. The van der Waals surface area contributed by atoms with E-state index < -0.39 is 0 Å². The SMILES string of the molecule is CSc1ccc(N2CC(C(=O)Nc3nc4ccccc4s3)CC2=O)cc1. The van der Waals surface area contributed by atoms with E-state index in [1.54, 1.807) is 16.7 Å². The van der Waals surface area contributed by atoms with Crippen LogP contribution in [0.3, 0.4) is 0 Å². The molecule has 2 aromatic carbocycles. The zero-order valence-corrected chi connectivity index (χ0v) is 15.8. The van der Waals surface area contributed by atoms with E-state index in [9.17, 15) is 9.59 Å². The Labute approximate surface area is 159 Å². The van der Waals surface area contributed by atoms with E-state index >= 15 is 0 Å². The molecule has 4 rings (SSSR count). The fourth-order valence-electron chi connectivity index (χ4n) is 3.03. The molecule has 3 aromatic rings. The monoisotopic (exact) mass is 383 g/mol. The topological polar surface area (TPSA) is 62.3 Å². The van der Waals surface area contributed by atoms with E-state index in [0.29, 0.717) is 11.7 Å². The maximum absolute atomic E-state index is 12.6. The summed E-state index contributed by atoms with van der Waals surface area (Å²) in [5.41, 5.74) is 1.70. The number of rotatable bonds is 4. The third-order valence-electron chi connectivity index (χ3n) is 4.40. The van der Waals surface area contributed by atoms with Gasteiger partial charge in [0.2, 0.25) is 11.8 Å². The molecule has 1 unspecified atom stereocenters. The Kier molecular flexibility index (Phi) is 4.65. The summed E-state index contributed by atoms with van der Waals surface area (Å²) < 4.78 is 1.03. The number of nitrogens with zero attached hydrogens (tertiary/aromatic N) is 2. The van der Waals surface area contributed by atoms with Gasteiger partial charge in [0.15, 0.2) is 5.13 Å². The molecule has 0 spiro atoms. The van der Waals surface area contributed by atoms with Crippen LogP contribution in [0, 0.1) is 5.92 Å². The summed E-state index contributed by atoms with van der Waals surface area (Å²) in [5, 5.41) is 3.45. The standard InChI is InChI=1S/C19H17N3O2S2/c1-25-14-8-6-13(7-9-14)22-11-12(10-17(22)23)18(24)21-19-20-15-4-2-3-5-16(15)26-19/h2-9,12H,10-11H2,1H3,(H,20,21,24). The summed E-state index contributed by atoms with van der Waals surface area (Å²) in [5.74, 6) is -0.540. The number of para-hydroxylation sites is 1. The molecule has 0 aliphatic carbocycles. The molecule has 5 nitrogen and oxygen atoms in total. The first-order chi connectivity index (χ1) is 12.6. The van der Waals surface area contributed by atoms with E-state index in [0.717, 1.165) is 20.8 Å². The molecule has 0 radical (unpaired) electrons. The minimum atomic E-state index is -0.366. The number of thioether (sulfide) groups is 1. The smallest absolute Gasteiger partial charge is 0.231 e. The average Bonchev–Trinajstić information content (AvgIpc) is 3.24. The lowest BCUT2D eigenvalue weighted by molar-refractivity contribution is -0.122. The van der Waals surface area contributed by atoms with Crippen molar-refractivity contribution in [3.05, 3.63) is 48.5 Å². The quantitative estimate of drug-likeness (QED) is 0.692. The molecular weight excluding hydrogens is 366 g/mol. The highest BCUT2D eigenvalue weighted by Crippen LogP contribution is 2.29. The minimum absolute atomic E-state index is 0.0219. The third kappa shape index (κ3) is 3.32. The maximum Gasteiger partial charge on any atom is 0.231 e. The van der Waals surface area contributed by atoms with Crippen molar-refractivity contribution in [1.29, 1.82) is 0 Å². The fraction of sp³-hybridized carbons (Fsp3) is 0.211.